The summed E-state index contributed by atoms with van der Waals surface area (Å²) in [5.74, 6) is 0.471. The molecule has 0 spiro atoms. The summed E-state index contributed by atoms with van der Waals surface area (Å²) in [6.45, 7) is -0.0425. The molecule has 0 bridgehead atoms. The van der Waals surface area contributed by atoms with E-state index in [4.69, 9.17) is 4.18 Å². The van der Waals surface area contributed by atoms with Crippen LogP contribution in [-0.4, -0.2) is 39.8 Å². The standard InChI is InChI=1S/C21H17N5O5S/c1-32(29,30)31-14-15-6-8-16(9-7-15)19-4-2-3-5-20(19)21-22-23-24-25(21)17-10-12-18(13-11-17)26(27)28/h2-13H,14H2,1H3. The first-order valence-corrected chi connectivity index (χ1v) is 11.2. The van der Waals surface area contributed by atoms with Crippen LogP contribution in [0.5, 0.6) is 0 Å². The van der Waals surface area contributed by atoms with Gasteiger partial charge in [-0.25, -0.2) is 0 Å². The van der Waals surface area contributed by atoms with E-state index in [1.807, 2.05) is 36.4 Å². The Kier molecular flexibility index (Phi) is 5.75. The lowest BCUT2D eigenvalue weighted by Gasteiger charge is -2.11. The first-order valence-electron chi connectivity index (χ1n) is 9.38. The number of benzene rings is 3. The summed E-state index contributed by atoms with van der Waals surface area (Å²) in [4.78, 5) is 10.5. The molecule has 4 rings (SSSR count). The molecule has 1 heterocycles. The number of nitro groups is 1. The topological polar surface area (TPSA) is 130 Å². The highest BCUT2D eigenvalue weighted by atomic mass is 32.2. The molecule has 4 aromatic rings. The summed E-state index contributed by atoms with van der Waals surface area (Å²) in [7, 11) is -3.52. The van der Waals surface area contributed by atoms with Crippen molar-refractivity contribution in [2.24, 2.45) is 0 Å². The van der Waals surface area contributed by atoms with E-state index in [1.165, 1.54) is 16.8 Å². The van der Waals surface area contributed by atoms with Gasteiger partial charge < -0.3 is 0 Å². The van der Waals surface area contributed by atoms with Crippen molar-refractivity contribution in [2.45, 2.75) is 6.61 Å². The van der Waals surface area contributed by atoms with Gasteiger partial charge in [0.25, 0.3) is 15.8 Å². The van der Waals surface area contributed by atoms with E-state index >= 15 is 0 Å². The monoisotopic (exact) mass is 451 g/mol. The minimum absolute atomic E-state index is 0.0243. The summed E-state index contributed by atoms with van der Waals surface area (Å²) < 4.78 is 28.7. The fourth-order valence-corrected chi connectivity index (χ4v) is 3.48. The second-order valence-electron chi connectivity index (χ2n) is 6.90. The molecule has 0 aliphatic carbocycles. The predicted octanol–water partition coefficient (Wildman–Crippen LogP) is 3.38. The summed E-state index contributed by atoms with van der Waals surface area (Å²) in [5, 5.41) is 22.9. The lowest BCUT2D eigenvalue weighted by molar-refractivity contribution is -0.384. The number of aromatic nitrogens is 4. The zero-order valence-electron chi connectivity index (χ0n) is 16.8. The average molecular weight is 451 g/mol. The summed E-state index contributed by atoms with van der Waals surface area (Å²) in [6.07, 6.45) is 1.01. The molecule has 162 valence electrons. The van der Waals surface area contributed by atoms with Crippen molar-refractivity contribution in [1.29, 1.82) is 0 Å². The number of nitrogens with zero attached hydrogens (tertiary/aromatic N) is 5. The van der Waals surface area contributed by atoms with Gasteiger partial charge in [0.1, 0.15) is 0 Å². The minimum Gasteiger partial charge on any atom is -0.265 e. The van der Waals surface area contributed by atoms with E-state index in [0.717, 1.165) is 22.9 Å². The van der Waals surface area contributed by atoms with Crippen molar-refractivity contribution in [2.75, 3.05) is 6.26 Å². The molecule has 3 aromatic carbocycles. The normalized spacial score (nSPS) is 11.4. The van der Waals surface area contributed by atoms with Gasteiger partial charge in [-0.3, -0.25) is 14.3 Å². The van der Waals surface area contributed by atoms with Crippen molar-refractivity contribution in [1.82, 2.24) is 20.2 Å². The van der Waals surface area contributed by atoms with Crippen molar-refractivity contribution >= 4 is 15.8 Å². The lowest BCUT2D eigenvalue weighted by Crippen LogP contribution is -2.02. The van der Waals surface area contributed by atoms with Crippen LogP contribution in [0.1, 0.15) is 5.56 Å². The van der Waals surface area contributed by atoms with Crippen LogP contribution in [0.3, 0.4) is 0 Å². The van der Waals surface area contributed by atoms with E-state index in [1.54, 1.807) is 24.3 Å². The largest absolute Gasteiger partial charge is 0.269 e. The third-order valence-electron chi connectivity index (χ3n) is 4.65. The maximum Gasteiger partial charge on any atom is 0.269 e. The number of hydrogen-bond donors (Lipinski definition) is 0. The molecule has 0 aliphatic rings. The molecular formula is C21H17N5O5S. The fourth-order valence-electron chi connectivity index (χ4n) is 3.13. The van der Waals surface area contributed by atoms with Crippen LogP contribution >= 0.6 is 0 Å². The molecule has 0 N–H and O–H groups in total. The summed E-state index contributed by atoms with van der Waals surface area (Å²) in [5.41, 5.74) is 3.77. The molecule has 0 unspecified atom stereocenters. The number of rotatable bonds is 7. The lowest BCUT2D eigenvalue weighted by atomic mass is 9.98. The SMILES string of the molecule is CS(=O)(=O)OCc1ccc(-c2ccccc2-c2nnnn2-c2ccc([N+](=O)[O-])cc2)cc1. The van der Waals surface area contributed by atoms with E-state index in [-0.39, 0.29) is 12.3 Å². The van der Waals surface area contributed by atoms with E-state index in [0.29, 0.717) is 17.1 Å². The molecule has 11 heteroatoms. The molecule has 1 aromatic heterocycles. The van der Waals surface area contributed by atoms with Crippen molar-refractivity contribution in [3.63, 3.8) is 0 Å². The van der Waals surface area contributed by atoms with Crippen LogP contribution in [0.15, 0.2) is 72.8 Å². The third-order valence-corrected chi connectivity index (χ3v) is 5.19. The summed E-state index contributed by atoms with van der Waals surface area (Å²) in [6, 6.07) is 20.8. The van der Waals surface area contributed by atoms with Crippen LogP contribution in [0.25, 0.3) is 28.2 Å². The maximum absolute atomic E-state index is 11.2. The molecule has 0 saturated heterocycles. The Bertz CT molecular complexity index is 1370. The van der Waals surface area contributed by atoms with Crippen LogP contribution in [0.2, 0.25) is 0 Å². The molecule has 0 atom stereocenters. The molecule has 0 radical (unpaired) electrons. The maximum atomic E-state index is 11.2. The average Bonchev–Trinajstić information content (AvgIpc) is 3.27. The van der Waals surface area contributed by atoms with Crippen molar-refractivity contribution < 1.29 is 17.5 Å². The smallest absolute Gasteiger partial charge is 0.265 e. The highest BCUT2D eigenvalue weighted by molar-refractivity contribution is 7.85. The van der Waals surface area contributed by atoms with Gasteiger partial charge >= 0.3 is 0 Å². The predicted molar refractivity (Wildman–Crippen MR) is 116 cm³/mol. The number of tetrazole rings is 1. The van der Waals surface area contributed by atoms with E-state index in [9.17, 15) is 18.5 Å². The van der Waals surface area contributed by atoms with Gasteiger partial charge in [0, 0.05) is 17.7 Å². The number of nitro benzene ring substituents is 1. The fraction of sp³-hybridized carbons (Fsp3) is 0.0952. The summed E-state index contributed by atoms with van der Waals surface area (Å²) >= 11 is 0. The zero-order chi connectivity index (χ0) is 22.7. The van der Waals surface area contributed by atoms with Gasteiger partial charge in [0.2, 0.25) is 0 Å². The van der Waals surface area contributed by atoms with E-state index in [2.05, 4.69) is 15.5 Å². The zero-order valence-corrected chi connectivity index (χ0v) is 17.6. The Morgan fingerprint density at radius 3 is 2.25 bits per heavy atom. The molecule has 32 heavy (non-hydrogen) atoms. The quantitative estimate of drug-likeness (QED) is 0.237. The Morgan fingerprint density at radius 2 is 1.62 bits per heavy atom. The number of non-ortho nitro benzene ring substituents is 1. The third kappa shape index (κ3) is 4.68. The first-order chi connectivity index (χ1) is 15.3. The van der Waals surface area contributed by atoms with Gasteiger partial charge in [-0.2, -0.15) is 13.1 Å². The second-order valence-corrected chi connectivity index (χ2v) is 8.54. The molecule has 0 aliphatic heterocycles. The van der Waals surface area contributed by atoms with Crippen LogP contribution in [0, 0.1) is 10.1 Å². The van der Waals surface area contributed by atoms with Crippen LogP contribution in [-0.2, 0) is 20.9 Å². The van der Waals surface area contributed by atoms with Crippen molar-refractivity contribution in [3.8, 4) is 28.2 Å². The molecule has 10 nitrogen and oxygen atoms in total. The molecule has 0 fully saturated rings. The van der Waals surface area contributed by atoms with Crippen LogP contribution in [0.4, 0.5) is 5.69 Å². The number of hydrogen-bond acceptors (Lipinski definition) is 8. The van der Waals surface area contributed by atoms with Crippen molar-refractivity contribution in [3.05, 3.63) is 88.5 Å². The Hall–Kier alpha value is -3.96. The molecule has 0 saturated carbocycles. The molecular weight excluding hydrogens is 434 g/mol. The van der Waals surface area contributed by atoms with Crippen LogP contribution < -0.4 is 0 Å². The first kappa shape index (κ1) is 21.3. The highest BCUT2D eigenvalue weighted by Crippen LogP contribution is 2.32. The Balaban J connectivity index is 1.68. The molecule has 0 amide bonds. The minimum atomic E-state index is -3.52. The van der Waals surface area contributed by atoms with Gasteiger partial charge in [-0.15, -0.1) is 5.10 Å². The van der Waals surface area contributed by atoms with Gasteiger partial charge in [0.15, 0.2) is 5.82 Å². The Morgan fingerprint density at radius 1 is 0.969 bits per heavy atom. The highest BCUT2D eigenvalue weighted by Gasteiger charge is 2.16. The van der Waals surface area contributed by atoms with E-state index < -0.39 is 15.0 Å². The van der Waals surface area contributed by atoms with Gasteiger partial charge in [-0.1, -0.05) is 48.5 Å². The Labute approximate surface area is 183 Å². The second kappa shape index (κ2) is 8.65. The van der Waals surface area contributed by atoms with Gasteiger partial charge in [0.05, 0.1) is 23.5 Å². The van der Waals surface area contributed by atoms with Gasteiger partial charge in [-0.05, 0) is 39.2 Å².